The third-order valence-corrected chi connectivity index (χ3v) is 13.8. The largest absolute Gasteiger partial charge is 0.457 e. The average Bonchev–Trinajstić information content (AvgIpc) is 4.13. The minimum absolute atomic E-state index is 0.0902. The lowest BCUT2D eigenvalue weighted by Crippen LogP contribution is -2.32. The first-order valence-corrected chi connectivity index (χ1v) is 20.2. The zero-order chi connectivity index (χ0) is 39.3. The molecule has 5 aromatic carbocycles. The van der Waals surface area contributed by atoms with E-state index in [1.54, 1.807) is 48.5 Å². The van der Waals surface area contributed by atoms with Crippen molar-refractivity contribution in [2.24, 2.45) is 47.3 Å². The molecule has 2 saturated carbocycles. The highest BCUT2D eigenvalue weighted by Crippen LogP contribution is 2.54. The van der Waals surface area contributed by atoms with Crippen molar-refractivity contribution in [3.05, 3.63) is 168 Å². The number of nitrogens with zero attached hydrogens (tertiary/aromatic N) is 2. The predicted molar refractivity (Wildman–Crippen MR) is 218 cm³/mol. The first-order valence-electron chi connectivity index (χ1n) is 20.2. The fourth-order valence-electron chi connectivity index (χ4n) is 10.9. The van der Waals surface area contributed by atoms with E-state index in [1.165, 1.54) is 9.80 Å². The second-order valence-electron chi connectivity index (χ2n) is 16.8. The van der Waals surface area contributed by atoms with Gasteiger partial charge in [0.1, 0.15) is 23.0 Å². The van der Waals surface area contributed by atoms with Crippen LogP contribution in [0.4, 0.5) is 11.4 Å². The summed E-state index contributed by atoms with van der Waals surface area (Å²) < 4.78 is 12.5. The number of hydrogen-bond acceptors (Lipinski definition) is 6. The number of rotatable bonds is 9. The van der Waals surface area contributed by atoms with Crippen LogP contribution in [0.3, 0.4) is 0 Å². The molecule has 8 nitrogen and oxygen atoms in total. The normalized spacial score (nSPS) is 28.4. The van der Waals surface area contributed by atoms with Gasteiger partial charge in [-0.3, -0.25) is 29.0 Å². The minimum Gasteiger partial charge on any atom is -0.457 e. The van der Waals surface area contributed by atoms with Crippen molar-refractivity contribution in [3.63, 3.8) is 0 Å². The van der Waals surface area contributed by atoms with Crippen molar-refractivity contribution in [2.45, 2.75) is 25.2 Å². The van der Waals surface area contributed by atoms with E-state index in [-0.39, 0.29) is 71.0 Å². The molecular formula is C50H40N2O6. The van der Waals surface area contributed by atoms with Crippen LogP contribution in [0.15, 0.2) is 152 Å². The van der Waals surface area contributed by atoms with Gasteiger partial charge in [0.05, 0.1) is 35.0 Å². The third kappa shape index (κ3) is 5.20. The van der Waals surface area contributed by atoms with Crippen LogP contribution in [0.1, 0.15) is 36.5 Å². The molecule has 286 valence electrons. The molecule has 2 saturated heterocycles. The molecule has 6 aliphatic rings. The highest BCUT2D eigenvalue weighted by molar-refractivity contribution is 6.23. The van der Waals surface area contributed by atoms with E-state index in [1.807, 2.05) is 42.5 Å². The van der Waals surface area contributed by atoms with Crippen LogP contribution >= 0.6 is 0 Å². The highest BCUT2D eigenvalue weighted by Gasteiger charge is 2.60. The van der Waals surface area contributed by atoms with Gasteiger partial charge in [0, 0.05) is 5.41 Å². The summed E-state index contributed by atoms with van der Waals surface area (Å²) in [5.41, 5.74) is 3.93. The Morgan fingerprint density at radius 3 is 1.03 bits per heavy atom. The topological polar surface area (TPSA) is 93.2 Å². The van der Waals surface area contributed by atoms with Crippen molar-refractivity contribution in [2.75, 3.05) is 9.80 Å². The van der Waals surface area contributed by atoms with Gasteiger partial charge >= 0.3 is 0 Å². The van der Waals surface area contributed by atoms with Gasteiger partial charge in [-0.15, -0.1) is 0 Å². The van der Waals surface area contributed by atoms with Crippen LogP contribution in [-0.4, -0.2) is 23.6 Å². The zero-order valence-corrected chi connectivity index (χ0v) is 31.8. The number of allylic oxidation sites excluding steroid dienone is 4. The number of carbonyl (C=O) groups is 4. The number of hydrogen-bond donors (Lipinski definition) is 0. The molecule has 11 rings (SSSR count). The molecule has 4 aliphatic carbocycles. The summed E-state index contributed by atoms with van der Waals surface area (Å²) in [5, 5.41) is 0. The molecule has 4 amide bonds. The van der Waals surface area contributed by atoms with Gasteiger partial charge < -0.3 is 9.47 Å². The quantitative estimate of drug-likeness (QED) is 0.0845. The first kappa shape index (κ1) is 34.7. The summed E-state index contributed by atoms with van der Waals surface area (Å²) in [6.07, 6.45) is 10.2. The van der Waals surface area contributed by atoms with E-state index in [0.717, 1.165) is 29.5 Å². The molecule has 0 N–H and O–H groups in total. The summed E-state index contributed by atoms with van der Waals surface area (Å²) in [4.78, 5) is 55.9. The van der Waals surface area contributed by atoms with Crippen molar-refractivity contribution < 1.29 is 28.7 Å². The van der Waals surface area contributed by atoms with Crippen molar-refractivity contribution >= 4 is 35.0 Å². The lowest BCUT2D eigenvalue weighted by molar-refractivity contribution is -0.124. The molecule has 2 heterocycles. The molecule has 4 fully saturated rings. The molecule has 8 unspecified atom stereocenters. The van der Waals surface area contributed by atoms with Crippen molar-refractivity contribution in [1.82, 2.24) is 0 Å². The maximum Gasteiger partial charge on any atom is 0.238 e. The summed E-state index contributed by atoms with van der Waals surface area (Å²) in [6, 6.07) is 40.9. The second kappa shape index (κ2) is 13.0. The zero-order valence-electron chi connectivity index (χ0n) is 31.8. The molecule has 0 spiro atoms. The van der Waals surface area contributed by atoms with Gasteiger partial charge in [-0.25, -0.2) is 0 Å². The smallest absolute Gasteiger partial charge is 0.238 e. The van der Waals surface area contributed by atoms with Gasteiger partial charge in [-0.2, -0.15) is 0 Å². The Kier molecular flexibility index (Phi) is 7.77. The standard InChI is InChI=1S/C50H40N2O6/c1-50(33-5-3-2-4-6-33,34-11-19-38(20-12-34)57-40-23-15-36(16-24-40)51-46(53)42-29-7-8-30(27-29)43(42)47(51)54)35-13-21-39(22-14-35)58-41-25-17-37(18-26-41)52-48(55)44-31-9-10-32(28-31)45(44)49(52)56/h2-26,29-32,42-45H,27-28H2,1H3. The van der Waals surface area contributed by atoms with Crippen molar-refractivity contribution in [3.8, 4) is 23.0 Å². The predicted octanol–water partition coefficient (Wildman–Crippen LogP) is 9.25. The number of anilines is 2. The number of carbonyl (C=O) groups excluding carboxylic acids is 4. The second-order valence-corrected chi connectivity index (χ2v) is 16.8. The van der Waals surface area contributed by atoms with E-state index in [9.17, 15) is 19.2 Å². The van der Waals surface area contributed by atoms with E-state index < -0.39 is 5.41 Å². The molecule has 5 aromatic rings. The van der Waals surface area contributed by atoms with E-state index in [4.69, 9.17) is 9.47 Å². The number of benzene rings is 5. The van der Waals surface area contributed by atoms with Gasteiger partial charge in [0.15, 0.2) is 0 Å². The average molecular weight is 765 g/mol. The van der Waals surface area contributed by atoms with Crippen LogP contribution in [0.2, 0.25) is 0 Å². The van der Waals surface area contributed by atoms with Crippen molar-refractivity contribution in [1.29, 1.82) is 0 Å². The number of amides is 4. The van der Waals surface area contributed by atoms with Gasteiger partial charge in [-0.1, -0.05) is 78.9 Å². The Balaban J connectivity index is 0.785. The van der Waals surface area contributed by atoms with Gasteiger partial charge in [-0.05, 0) is 133 Å². The summed E-state index contributed by atoms with van der Waals surface area (Å²) in [5.74, 6) is 1.95. The number of ether oxygens (including phenoxy) is 2. The third-order valence-electron chi connectivity index (χ3n) is 13.8. The van der Waals surface area contributed by atoms with E-state index in [2.05, 4.69) is 67.6 Å². The summed E-state index contributed by atoms with van der Waals surface area (Å²) >= 11 is 0. The van der Waals surface area contributed by atoms with E-state index in [0.29, 0.717) is 34.4 Å². The molecule has 4 bridgehead atoms. The van der Waals surface area contributed by atoms with Crippen LogP contribution in [0.25, 0.3) is 0 Å². The van der Waals surface area contributed by atoms with Crippen LogP contribution < -0.4 is 19.3 Å². The molecular weight excluding hydrogens is 725 g/mol. The molecule has 58 heavy (non-hydrogen) atoms. The Labute approximate surface area is 336 Å². The number of fused-ring (bicyclic) bond motifs is 10. The van der Waals surface area contributed by atoms with Crippen LogP contribution in [-0.2, 0) is 24.6 Å². The number of imide groups is 2. The first-order chi connectivity index (χ1) is 28.3. The molecule has 0 aromatic heterocycles. The van der Waals surface area contributed by atoms with Gasteiger partial charge in [0.2, 0.25) is 23.6 Å². The summed E-state index contributed by atoms with van der Waals surface area (Å²) in [6.45, 7) is 2.21. The summed E-state index contributed by atoms with van der Waals surface area (Å²) in [7, 11) is 0. The van der Waals surface area contributed by atoms with Gasteiger partial charge in [0.25, 0.3) is 0 Å². The molecule has 0 radical (unpaired) electrons. The Morgan fingerprint density at radius 1 is 0.414 bits per heavy atom. The lowest BCUT2D eigenvalue weighted by Gasteiger charge is -2.32. The maximum atomic E-state index is 13.3. The highest BCUT2D eigenvalue weighted by atomic mass is 16.5. The Bertz CT molecular complexity index is 2330. The molecule has 8 heteroatoms. The fourth-order valence-corrected chi connectivity index (χ4v) is 10.9. The SMILES string of the molecule is CC(c1ccccc1)(c1ccc(Oc2ccc(N3C(=O)C4C5C=CC(C5)C4C3=O)cc2)cc1)c1ccc(Oc2ccc(N3C(=O)C4C5C=CC(C5)C4C3=O)cc2)cc1. The van der Waals surface area contributed by atoms with Crippen LogP contribution in [0.5, 0.6) is 23.0 Å². The minimum atomic E-state index is -0.508. The Morgan fingerprint density at radius 2 is 0.707 bits per heavy atom. The van der Waals surface area contributed by atoms with Crippen LogP contribution in [0, 0.1) is 47.3 Å². The Hall–Kier alpha value is -6.54. The van der Waals surface area contributed by atoms with E-state index >= 15 is 0 Å². The lowest BCUT2D eigenvalue weighted by atomic mass is 9.71. The maximum absolute atomic E-state index is 13.3. The fraction of sp³-hybridized carbons (Fsp3) is 0.240. The molecule has 8 atom stereocenters. The monoisotopic (exact) mass is 764 g/mol. The molecule has 2 aliphatic heterocycles.